The average Bonchev–Trinajstić information content (AvgIpc) is 2.84. The maximum Gasteiger partial charge on any atom is 0.147 e. The molecule has 2 aromatic carbocycles. The van der Waals surface area contributed by atoms with Crippen LogP contribution in [0.5, 0.6) is 0 Å². The molecule has 4 bridgehead atoms. The van der Waals surface area contributed by atoms with Gasteiger partial charge < -0.3 is 14.3 Å². The lowest BCUT2D eigenvalue weighted by Gasteiger charge is -2.59. The SMILES string of the molecule is O[C@H](CN1CCC(CN2Sc3ccccc3-c3cccc(F)c32)CC1)C12CC3CC(CC(C3)C1)C2. The van der Waals surface area contributed by atoms with E-state index in [1.54, 1.807) is 18.0 Å². The Hall–Kier alpha value is -1.56. The highest BCUT2D eigenvalue weighted by Crippen LogP contribution is 2.61. The van der Waals surface area contributed by atoms with E-state index in [9.17, 15) is 9.50 Å². The first kappa shape index (κ1) is 22.6. The van der Waals surface area contributed by atoms with Crippen molar-refractivity contribution in [3.63, 3.8) is 0 Å². The van der Waals surface area contributed by atoms with Crippen molar-refractivity contribution in [1.82, 2.24) is 4.90 Å². The standard InChI is InChI=1S/C30H37FN2OS/c31-26-6-3-5-25-24-4-1-2-7-27(24)35-33(29(25)26)18-20-8-10-32(11-9-20)19-28(34)30-15-21-12-22(16-30)14-23(13-21)17-30/h1-7,20-23,28,34H,8-19H2/t21?,22?,23?,28-,30?/m1/s1. The van der Waals surface area contributed by atoms with Gasteiger partial charge >= 0.3 is 0 Å². The van der Waals surface area contributed by atoms with E-state index < -0.39 is 0 Å². The van der Waals surface area contributed by atoms with Gasteiger partial charge in [-0.2, -0.15) is 0 Å². The Kier molecular flexibility index (Phi) is 5.67. The summed E-state index contributed by atoms with van der Waals surface area (Å²) in [5.74, 6) is 3.08. The largest absolute Gasteiger partial charge is 0.391 e. The second-order valence-corrected chi connectivity index (χ2v) is 13.4. The van der Waals surface area contributed by atoms with Crippen LogP contribution in [0, 0.1) is 34.9 Å². The van der Waals surface area contributed by atoms with Crippen LogP contribution in [0.3, 0.4) is 0 Å². The first-order valence-corrected chi connectivity index (χ1v) is 14.6. The lowest BCUT2D eigenvalue weighted by atomic mass is 9.48. The predicted octanol–water partition coefficient (Wildman–Crippen LogP) is 6.61. The van der Waals surface area contributed by atoms with Crippen molar-refractivity contribution in [2.45, 2.75) is 62.4 Å². The number of halogens is 1. The van der Waals surface area contributed by atoms with Crippen molar-refractivity contribution >= 4 is 17.6 Å². The van der Waals surface area contributed by atoms with Crippen molar-refractivity contribution in [1.29, 1.82) is 0 Å². The van der Waals surface area contributed by atoms with E-state index in [2.05, 4.69) is 33.5 Å². The van der Waals surface area contributed by atoms with Gasteiger partial charge in [0.1, 0.15) is 5.82 Å². The number of aliphatic hydroxyl groups is 1. The second kappa shape index (κ2) is 8.78. The van der Waals surface area contributed by atoms with Crippen LogP contribution in [0.1, 0.15) is 51.4 Å². The average molecular weight is 493 g/mol. The molecule has 1 atom stereocenters. The third-order valence-corrected chi connectivity index (χ3v) is 11.1. The van der Waals surface area contributed by atoms with Gasteiger partial charge in [-0.1, -0.05) is 30.3 Å². The van der Waals surface area contributed by atoms with E-state index in [0.29, 0.717) is 5.92 Å². The highest BCUT2D eigenvalue weighted by molar-refractivity contribution is 8.01. The van der Waals surface area contributed by atoms with Crippen LogP contribution in [-0.2, 0) is 0 Å². The molecule has 3 nitrogen and oxygen atoms in total. The van der Waals surface area contributed by atoms with Gasteiger partial charge in [-0.15, -0.1) is 0 Å². The van der Waals surface area contributed by atoms with Crippen LogP contribution in [0.25, 0.3) is 11.1 Å². The van der Waals surface area contributed by atoms with Crippen molar-refractivity contribution in [3.05, 3.63) is 48.3 Å². The van der Waals surface area contributed by atoms with Crippen LogP contribution in [0.2, 0.25) is 0 Å². The van der Waals surface area contributed by atoms with Gasteiger partial charge in [-0.3, -0.25) is 0 Å². The zero-order valence-electron chi connectivity index (χ0n) is 20.5. The molecule has 2 aliphatic heterocycles. The van der Waals surface area contributed by atoms with Gasteiger partial charge in [-0.05, 0) is 123 Å². The van der Waals surface area contributed by atoms with Gasteiger partial charge in [0.15, 0.2) is 0 Å². The molecule has 0 spiro atoms. The minimum absolute atomic E-state index is 0.124. The molecule has 6 aliphatic rings. The van der Waals surface area contributed by atoms with Gasteiger partial charge in [0, 0.05) is 23.5 Å². The third kappa shape index (κ3) is 4.02. The fourth-order valence-corrected chi connectivity index (χ4v) is 9.87. The van der Waals surface area contributed by atoms with Crippen molar-refractivity contribution < 1.29 is 9.50 Å². The summed E-state index contributed by atoms with van der Waals surface area (Å²) in [5, 5.41) is 11.4. The predicted molar refractivity (Wildman–Crippen MR) is 141 cm³/mol. The molecule has 1 N–H and O–H groups in total. The summed E-state index contributed by atoms with van der Waals surface area (Å²) in [7, 11) is 0. The fraction of sp³-hybridized carbons (Fsp3) is 0.600. The summed E-state index contributed by atoms with van der Waals surface area (Å²) in [5.41, 5.74) is 3.10. The van der Waals surface area contributed by atoms with Crippen molar-refractivity contribution in [3.8, 4) is 11.1 Å². The number of β-amino-alcohol motifs (C(OH)–C–C–N with tert-alkyl or cyclic N) is 1. The summed E-state index contributed by atoms with van der Waals surface area (Å²) in [6, 6.07) is 13.8. The molecule has 0 aromatic heterocycles. The van der Waals surface area contributed by atoms with E-state index in [4.69, 9.17) is 0 Å². The summed E-state index contributed by atoms with van der Waals surface area (Å²) in [4.78, 5) is 3.73. The highest BCUT2D eigenvalue weighted by Gasteiger charge is 2.54. The first-order chi connectivity index (χ1) is 17.1. The Morgan fingerprint density at radius 3 is 2.29 bits per heavy atom. The molecule has 2 aromatic rings. The lowest BCUT2D eigenvalue weighted by Crippen LogP contribution is -2.55. The number of piperidine rings is 1. The minimum atomic E-state index is -0.164. The minimum Gasteiger partial charge on any atom is -0.391 e. The molecule has 4 aliphatic carbocycles. The van der Waals surface area contributed by atoms with E-state index >= 15 is 0 Å². The number of aliphatic hydroxyl groups excluding tert-OH is 1. The van der Waals surface area contributed by atoms with Crippen LogP contribution >= 0.6 is 11.9 Å². The quantitative estimate of drug-likeness (QED) is 0.475. The zero-order valence-corrected chi connectivity index (χ0v) is 21.4. The molecule has 0 amide bonds. The maximum atomic E-state index is 15.0. The Balaban J connectivity index is 0.994. The molecule has 1 saturated heterocycles. The first-order valence-electron chi connectivity index (χ1n) is 13.8. The molecule has 186 valence electrons. The van der Waals surface area contributed by atoms with Gasteiger partial charge in [-0.25, -0.2) is 4.39 Å². The lowest BCUT2D eigenvalue weighted by molar-refractivity contribution is -0.127. The van der Waals surface area contributed by atoms with Crippen LogP contribution < -0.4 is 4.31 Å². The van der Waals surface area contributed by atoms with E-state index in [-0.39, 0.29) is 17.3 Å². The number of para-hydroxylation sites is 1. The molecular formula is C30H37FN2OS. The smallest absolute Gasteiger partial charge is 0.147 e. The zero-order chi connectivity index (χ0) is 23.6. The third-order valence-electron chi connectivity index (χ3n) is 9.98. The number of likely N-dealkylation sites (tertiary alicyclic amines) is 1. The molecule has 2 heterocycles. The molecule has 35 heavy (non-hydrogen) atoms. The second-order valence-electron chi connectivity index (χ2n) is 12.3. The van der Waals surface area contributed by atoms with E-state index in [0.717, 1.165) is 73.6 Å². The number of fused-ring (bicyclic) bond motifs is 3. The Morgan fingerprint density at radius 1 is 0.914 bits per heavy atom. The Labute approximate surface area is 213 Å². The van der Waals surface area contributed by atoms with Crippen molar-refractivity contribution in [2.75, 3.05) is 30.5 Å². The molecule has 8 rings (SSSR count). The van der Waals surface area contributed by atoms with Gasteiger partial charge in [0.2, 0.25) is 0 Å². The summed E-state index contributed by atoms with van der Waals surface area (Å²) < 4.78 is 17.2. The van der Waals surface area contributed by atoms with E-state index in [1.807, 2.05) is 12.1 Å². The van der Waals surface area contributed by atoms with Crippen LogP contribution in [0.4, 0.5) is 10.1 Å². The monoisotopic (exact) mass is 492 g/mol. The summed E-state index contributed by atoms with van der Waals surface area (Å²) in [6.07, 6.45) is 10.2. The number of anilines is 1. The molecule has 5 fully saturated rings. The summed E-state index contributed by atoms with van der Waals surface area (Å²) >= 11 is 1.69. The molecule has 0 unspecified atom stereocenters. The normalized spacial score (nSPS) is 33.0. The number of hydrogen-bond donors (Lipinski definition) is 1. The number of hydrogen-bond acceptors (Lipinski definition) is 4. The molecule has 5 heteroatoms. The maximum absolute atomic E-state index is 15.0. The number of benzene rings is 2. The van der Waals surface area contributed by atoms with Crippen LogP contribution in [0.15, 0.2) is 47.4 Å². The summed E-state index contributed by atoms with van der Waals surface area (Å²) in [6.45, 7) is 3.82. The van der Waals surface area contributed by atoms with Gasteiger partial charge in [0.25, 0.3) is 0 Å². The van der Waals surface area contributed by atoms with Crippen LogP contribution in [-0.4, -0.2) is 42.3 Å². The Morgan fingerprint density at radius 2 is 1.57 bits per heavy atom. The highest BCUT2D eigenvalue weighted by atomic mass is 32.2. The molecule has 0 radical (unpaired) electrons. The fourth-order valence-electron chi connectivity index (χ4n) is 8.66. The topological polar surface area (TPSA) is 26.7 Å². The van der Waals surface area contributed by atoms with Crippen molar-refractivity contribution in [2.24, 2.45) is 29.1 Å². The number of nitrogens with zero attached hydrogens (tertiary/aromatic N) is 2. The molecule has 4 saturated carbocycles. The number of rotatable bonds is 5. The van der Waals surface area contributed by atoms with Gasteiger partial charge in [0.05, 0.1) is 11.8 Å². The Bertz CT molecular complexity index is 1060. The molecular weight excluding hydrogens is 455 g/mol. The van der Waals surface area contributed by atoms with E-state index in [1.165, 1.54) is 43.4 Å².